The standard InChI is InChI=1S/C23H37N3O4/c1-7-29-20-13-12-19(14-21(20)30-8-2)24-22(27)15-25(6)18(5)23(28)26-16(3)10-9-11-17(26)4/h12-14,16-18H,7-11,15H2,1-6H3,(H,24,27)/t16-,17+,18-/m1/s1. The number of nitrogens with one attached hydrogen (secondary N) is 1. The van der Waals surface area contributed by atoms with Gasteiger partial charge in [0.2, 0.25) is 11.8 Å². The molecule has 0 unspecified atom stereocenters. The summed E-state index contributed by atoms with van der Waals surface area (Å²) in [5, 5.41) is 2.89. The second-order valence-corrected chi connectivity index (χ2v) is 8.04. The van der Waals surface area contributed by atoms with E-state index in [2.05, 4.69) is 19.2 Å². The van der Waals surface area contributed by atoms with Crippen LogP contribution >= 0.6 is 0 Å². The third-order valence-electron chi connectivity index (χ3n) is 5.69. The fraction of sp³-hybridized carbons (Fsp3) is 0.652. The molecule has 1 aliphatic heterocycles. The van der Waals surface area contributed by atoms with E-state index in [4.69, 9.17) is 9.47 Å². The van der Waals surface area contributed by atoms with Gasteiger partial charge in [0.05, 0.1) is 25.8 Å². The number of hydrogen-bond acceptors (Lipinski definition) is 5. The van der Waals surface area contributed by atoms with Crippen LogP contribution in [0, 0.1) is 0 Å². The lowest BCUT2D eigenvalue weighted by molar-refractivity contribution is -0.142. The van der Waals surface area contributed by atoms with Crippen molar-refractivity contribution in [3.8, 4) is 11.5 Å². The Balaban J connectivity index is 1.98. The van der Waals surface area contributed by atoms with Gasteiger partial charge in [0.25, 0.3) is 0 Å². The predicted molar refractivity (Wildman–Crippen MR) is 119 cm³/mol. The number of anilines is 1. The first-order valence-corrected chi connectivity index (χ1v) is 11.0. The monoisotopic (exact) mass is 419 g/mol. The second kappa shape index (κ2) is 11.2. The van der Waals surface area contributed by atoms with Gasteiger partial charge in [0.15, 0.2) is 11.5 Å². The molecule has 1 heterocycles. The van der Waals surface area contributed by atoms with Crippen molar-refractivity contribution < 1.29 is 19.1 Å². The molecule has 1 aliphatic rings. The zero-order valence-electron chi connectivity index (χ0n) is 19.2. The smallest absolute Gasteiger partial charge is 0.240 e. The molecule has 0 radical (unpaired) electrons. The average molecular weight is 420 g/mol. The van der Waals surface area contributed by atoms with Gasteiger partial charge in [-0.2, -0.15) is 0 Å². The highest BCUT2D eigenvalue weighted by Gasteiger charge is 2.33. The molecule has 7 nitrogen and oxygen atoms in total. The maximum absolute atomic E-state index is 13.0. The van der Waals surface area contributed by atoms with Crippen LogP contribution in [0.5, 0.6) is 11.5 Å². The van der Waals surface area contributed by atoms with Crippen molar-refractivity contribution in [2.24, 2.45) is 0 Å². The Hall–Kier alpha value is -2.28. The average Bonchev–Trinajstić information content (AvgIpc) is 2.69. The van der Waals surface area contributed by atoms with E-state index in [1.54, 1.807) is 23.1 Å². The number of benzene rings is 1. The first-order valence-electron chi connectivity index (χ1n) is 11.0. The quantitative estimate of drug-likeness (QED) is 0.663. The third-order valence-corrected chi connectivity index (χ3v) is 5.69. The summed E-state index contributed by atoms with van der Waals surface area (Å²) in [6.45, 7) is 11.1. The Morgan fingerprint density at radius 1 is 1.13 bits per heavy atom. The fourth-order valence-electron chi connectivity index (χ4n) is 3.95. The maximum Gasteiger partial charge on any atom is 0.240 e. The van der Waals surface area contributed by atoms with Gasteiger partial charge in [-0.05, 0) is 73.1 Å². The summed E-state index contributed by atoms with van der Waals surface area (Å²) in [6.07, 6.45) is 3.23. The molecule has 1 fully saturated rings. The molecule has 7 heteroatoms. The largest absolute Gasteiger partial charge is 0.490 e. The van der Waals surface area contributed by atoms with E-state index in [0.717, 1.165) is 19.3 Å². The summed E-state index contributed by atoms with van der Waals surface area (Å²) in [5.41, 5.74) is 0.637. The summed E-state index contributed by atoms with van der Waals surface area (Å²) in [5.74, 6) is 1.16. The van der Waals surface area contributed by atoms with Gasteiger partial charge in [-0.3, -0.25) is 14.5 Å². The van der Waals surface area contributed by atoms with Crippen LogP contribution in [0.1, 0.15) is 53.9 Å². The number of ether oxygens (including phenoxy) is 2. The highest BCUT2D eigenvalue weighted by molar-refractivity contribution is 5.93. The Kier molecular flexibility index (Phi) is 8.96. The van der Waals surface area contributed by atoms with Crippen molar-refractivity contribution in [2.75, 3.05) is 32.1 Å². The highest BCUT2D eigenvalue weighted by atomic mass is 16.5. The predicted octanol–water partition coefficient (Wildman–Crippen LogP) is 3.53. The molecule has 0 aliphatic carbocycles. The van der Waals surface area contributed by atoms with Gasteiger partial charge in [-0.15, -0.1) is 0 Å². The van der Waals surface area contributed by atoms with Crippen LogP contribution in [0.3, 0.4) is 0 Å². The number of rotatable bonds is 9. The molecule has 2 rings (SSSR count). The van der Waals surface area contributed by atoms with E-state index in [9.17, 15) is 9.59 Å². The van der Waals surface area contributed by atoms with Gasteiger partial charge in [-0.1, -0.05) is 0 Å². The lowest BCUT2D eigenvalue weighted by Gasteiger charge is -2.41. The zero-order chi connectivity index (χ0) is 22.3. The van der Waals surface area contributed by atoms with Crippen molar-refractivity contribution in [3.05, 3.63) is 18.2 Å². The van der Waals surface area contributed by atoms with Crippen LogP contribution in [0.2, 0.25) is 0 Å². The lowest BCUT2D eigenvalue weighted by atomic mass is 9.96. The minimum absolute atomic E-state index is 0.0877. The van der Waals surface area contributed by atoms with Gasteiger partial charge in [0, 0.05) is 23.8 Å². The fourth-order valence-corrected chi connectivity index (χ4v) is 3.95. The molecule has 0 saturated carbocycles. The van der Waals surface area contributed by atoms with Crippen molar-refractivity contribution in [3.63, 3.8) is 0 Å². The molecule has 168 valence electrons. The molecule has 1 saturated heterocycles. The van der Waals surface area contributed by atoms with Crippen LogP contribution in [0.4, 0.5) is 5.69 Å². The van der Waals surface area contributed by atoms with Crippen molar-refractivity contribution in [2.45, 2.75) is 72.0 Å². The summed E-state index contributed by atoms with van der Waals surface area (Å²) in [4.78, 5) is 29.4. The van der Waals surface area contributed by atoms with Crippen molar-refractivity contribution in [1.82, 2.24) is 9.80 Å². The van der Waals surface area contributed by atoms with E-state index in [1.807, 2.05) is 32.7 Å². The Morgan fingerprint density at radius 2 is 1.73 bits per heavy atom. The van der Waals surface area contributed by atoms with Crippen LogP contribution in [-0.2, 0) is 9.59 Å². The molecule has 0 aromatic heterocycles. The molecule has 30 heavy (non-hydrogen) atoms. The molecule has 1 aromatic rings. The molecule has 0 spiro atoms. The van der Waals surface area contributed by atoms with E-state index >= 15 is 0 Å². The third kappa shape index (κ3) is 6.11. The minimum atomic E-state index is -0.363. The Labute approximate surface area is 180 Å². The van der Waals surface area contributed by atoms with Crippen molar-refractivity contribution in [1.29, 1.82) is 0 Å². The Morgan fingerprint density at radius 3 is 2.33 bits per heavy atom. The molecule has 2 amide bonds. The van der Waals surface area contributed by atoms with E-state index < -0.39 is 0 Å². The van der Waals surface area contributed by atoms with Crippen LogP contribution in [0.15, 0.2) is 18.2 Å². The van der Waals surface area contributed by atoms with E-state index in [-0.39, 0.29) is 36.5 Å². The van der Waals surface area contributed by atoms with Gasteiger partial charge in [0.1, 0.15) is 0 Å². The van der Waals surface area contributed by atoms with Crippen molar-refractivity contribution >= 4 is 17.5 Å². The second-order valence-electron chi connectivity index (χ2n) is 8.04. The topological polar surface area (TPSA) is 71.1 Å². The molecule has 1 aromatic carbocycles. The normalized spacial score (nSPS) is 20.0. The number of amides is 2. The molecular weight excluding hydrogens is 382 g/mol. The number of carbonyl (C=O) groups is 2. The molecule has 0 bridgehead atoms. The number of hydrogen-bond donors (Lipinski definition) is 1. The molecule has 3 atom stereocenters. The minimum Gasteiger partial charge on any atom is -0.490 e. The number of nitrogens with zero attached hydrogens (tertiary/aromatic N) is 2. The van der Waals surface area contributed by atoms with Crippen LogP contribution in [0.25, 0.3) is 0 Å². The number of carbonyl (C=O) groups excluding carboxylic acids is 2. The highest BCUT2D eigenvalue weighted by Crippen LogP contribution is 2.30. The van der Waals surface area contributed by atoms with Crippen LogP contribution in [-0.4, -0.2) is 66.5 Å². The molecular formula is C23H37N3O4. The summed E-state index contributed by atoms with van der Waals surface area (Å²) >= 11 is 0. The molecule has 1 N–H and O–H groups in total. The van der Waals surface area contributed by atoms with Gasteiger partial charge in [-0.25, -0.2) is 0 Å². The first kappa shape index (κ1) is 24.0. The van der Waals surface area contributed by atoms with Crippen LogP contribution < -0.4 is 14.8 Å². The lowest BCUT2D eigenvalue weighted by Crippen LogP contribution is -2.54. The van der Waals surface area contributed by atoms with E-state index in [0.29, 0.717) is 30.4 Å². The SMILES string of the molecule is CCOc1ccc(NC(=O)CN(C)[C@H](C)C(=O)N2[C@H](C)CCC[C@@H]2C)cc1OCC. The zero-order valence-corrected chi connectivity index (χ0v) is 19.2. The van der Waals surface area contributed by atoms with Gasteiger partial charge >= 0.3 is 0 Å². The Bertz CT molecular complexity index is 714. The summed E-state index contributed by atoms with van der Waals surface area (Å²) < 4.78 is 11.2. The summed E-state index contributed by atoms with van der Waals surface area (Å²) in [7, 11) is 1.81. The number of likely N-dealkylation sites (N-methyl/N-ethyl adjacent to an activating group) is 1. The summed E-state index contributed by atoms with van der Waals surface area (Å²) in [6, 6.07) is 5.46. The van der Waals surface area contributed by atoms with E-state index in [1.165, 1.54) is 0 Å². The van der Waals surface area contributed by atoms with Gasteiger partial charge < -0.3 is 19.7 Å². The first-order chi connectivity index (χ1) is 14.3. The number of likely N-dealkylation sites (tertiary alicyclic amines) is 1. The number of piperidine rings is 1. The maximum atomic E-state index is 13.0.